The van der Waals surface area contributed by atoms with Crippen molar-refractivity contribution in [1.82, 2.24) is 19.7 Å². The second kappa shape index (κ2) is 9.48. The van der Waals surface area contributed by atoms with Crippen LogP contribution in [0.3, 0.4) is 0 Å². The summed E-state index contributed by atoms with van der Waals surface area (Å²) in [6.45, 7) is 9.25. The molecule has 1 atom stereocenters. The van der Waals surface area contributed by atoms with Gasteiger partial charge in [-0.3, -0.25) is 14.2 Å². The first-order valence-electron chi connectivity index (χ1n) is 10.7. The zero-order valence-corrected chi connectivity index (χ0v) is 19.8. The Hall–Kier alpha value is -2.98. The Labute approximate surface area is 195 Å². The van der Waals surface area contributed by atoms with Gasteiger partial charge in [0.1, 0.15) is 5.82 Å². The molecule has 0 radical (unpaired) electrons. The fourth-order valence-corrected chi connectivity index (χ4v) is 5.01. The van der Waals surface area contributed by atoms with Gasteiger partial charge in [0.25, 0.3) is 0 Å². The van der Waals surface area contributed by atoms with E-state index < -0.39 is 5.25 Å². The first-order chi connectivity index (χ1) is 15.8. The number of carbonyl (C=O) groups is 2. The molecule has 0 aliphatic carbocycles. The van der Waals surface area contributed by atoms with Crippen LogP contribution in [0.1, 0.15) is 46.0 Å². The smallest absolute Gasteiger partial charge is 0.232 e. The van der Waals surface area contributed by atoms with Gasteiger partial charge in [0, 0.05) is 24.3 Å². The number of morpholine rings is 1. The molecule has 0 amide bonds. The number of nitrogens with zero attached hydrogens (tertiary/aromatic N) is 4. The maximum absolute atomic E-state index is 14.0. The third kappa shape index (κ3) is 4.58. The first-order valence-corrected chi connectivity index (χ1v) is 11.6. The van der Waals surface area contributed by atoms with E-state index >= 15 is 0 Å². The summed E-state index contributed by atoms with van der Waals surface area (Å²) in [6.07, 6.45) is 0. The Morgan fingerprint density at radius 1 is 1.21 bits per heavy atom. The highest BCUT2D eigenvalue weighted by atomic mass is 32.2. The third-order valence-corrected chi connectivity index (χ3v) is 6.71. The van der Waals surface area contributed by atoms with Crippen molar-refractivity contribution in [1.29, 1.82) is 0 Å². The molecule has 2 aromatic heterocycles. The Morgan fingerprint density at radius 2 is 1.94 bits per heavy atom. The fraction of sp³-hybridized carbons (Fsp3) is 0.391. The molecule has 3 heterocycles. The van der Waals surface area contributed by atoms with Crippen LogP contribution in [-0.2, 0) is 4.74 Å². The van der Waals surface area contributed by atoms with Crippen molar-refractivity contribution in [3.8, 4) is 5.69 Å². The number of aromatic amines is 1. The van der Waals surface area contributed by atoms with Crippen molar-refractivity contribution >= 4 is 29.3 Å². The molecule has 1 aromatic carbocycles. The Bertz CT molecular complexity index is 1200. The van der Waals surface area contributed by atoms with Crippen molar-refractivity contribution in [2.24, 2.45) is 0 Å². The first kappa shape index (κ1) is 23.2. The van der Waals surface area contributed by atoms with Crippen LogP contribution < -0.4 is 4.90 Å². The number of benzene rings is 1. The van der Waals surface area contributed by atoms with Gasteiger partial charge < -0.3 is 14.6 Å². The lowest BCUT2D eigenvalue weighted by atomic mass is 10.0. The van der Waals surface area contributed by atoms with Crippen LogP contribution in [0.25, 0.3) is 5.69 Å². The minimum absolute atomic E-state index is 0.0818. The van der Waals surface area contributed by atoms with E-state index in [1.165, 1.54) is 30.8 Å². The largest absolute Gasteiger partial charge is 0.378 e. The molecular weight excluding hydrogens is 445 g/mol. The van der Waals surface area contributed by atoms with Gasteiger partial charge >= 0.3 is 0 Å². The lowest BCUT2D eigenvalue weighted by Crippen LogP contribution is -2.37. The van der Waals surface area contributed by atoms with Gasteiger partial charge in [0.2, 0.25) is 5.95 Å². The minimum Gasteiger partial charge on any atom is -0.378 e. The lowest BCUT2D eigenvalue weighted by Gasteiger charge is -2.28. The molecule has 0 saturated carbocycles. The van der Waals surface area contributed by atoms with Gasteiger partial charge in [-0.15, -0.1) is 10.2 Å². The molecule has 33 heavy (non-hydrogen) atoms. The van der Waals surface area contributed by atoms with E-state index in [4.69, 9.17) is 4.74 Å². The molecule has 1 N–H and O–H groups in total. The van der Waals surface area contributed by atoms with Gasteiger partial charge in [-0.1, -0.05) is 17.8 Å². The topological polar surface area (TPSA) is 93.1 Å². The molecule has 1 fully saturated rings. The Balaban J connectivity index is 1.68. The monoisotopic (exact) mass is 471 g/mol. The fourth-order valence-electron chi connectivity index (χ4n) is 4.09. The number of H-pyrrole nitrogens is 1. The number of ketones is 2. The van der Waals surface area contributed by atoms with Gasteiger partial charge in [-0.2, -0.15) is 0 Å². The van der Waals surface area contributed by atoms with Crippen LogP contribution in [0.2, 0.25) is 0 Å². The summed E-state index contributed by atoms with van der Waals surface area (Å²) in [5, 5.41) is 8.67. The van der Waals surface area contributed by atoms with E-state index in [2.05, 4.69) is 15.2 Å². The lowest BCUT2D eigenvalue weighted by molar-refractivity contribution is 0.0988. The molecule has 1 unspecified atom stereocenters. The number of carbonyl (C=O) groups excluding carboxylic acids is 2. The minimum atomic E-state index is -0.518. The SMILES string of the molecule is CC(=O)c1c(C)[nH]c(C(=O)C(C)Sc2nnc(N3CCOCC3)n2-c2cccc(F)c2)c1C. The summed E-state index contributed by atoms with van der Waals surface area (Å²) in [5.74, 6) is -0.0170. The highest BCUT2D eigenvalue weighted by Gasteiger charge is 2.28. The predicted octanol–water partition coefficient (Wildman–Crippen LogP) is 3.75. The Morgan fingerprint density at radius 3 is 2.58 bits per heavy atom. The van der Waals surface area contributed by atoms with Gasteiger partial charge in [-0.25, -0.2) is 4.39 Å². The van der Waals surface area contributed by atoms with Crippen molar-refractivity contribution in [2.45, 2.75) is 38.1 Å². The van der Waals surface area contributed by atoms with Crippen LogP contribution in [0.4, 0.5) is 10.3 Å². The predicted molar refractivity (Wildman–Crippen MR) is 124 cm³/mol. The molecule has 10 heteroatoms. The quantitative estimate of drug-likeness (QED) is 0.414. The molecule has 1 aliphatic rings. The number of hydrogen-bond acceptors (Lipinski definition) is 7. The van der Waals surface area contributed by atoms with Gasteiger partial charge in [-0.05, 0) is 51.5 Å². The maximum Gasteiger partial charge on any atom is 0.232 e. The molecule has 0 spiro atoms. The highest BCUT2D eigenvalue weighted by Crippen LogP contribution is 2.32. The zero-order chi connectivity index (χ0) is 23.7. The number of Topliss-reactive ketones (excluding diaryl/α,β-unsaturated/α-hetero) is 2. The molecule has 1 saturated heterocycles. The highest BCUT2D eigenvalue weighted by molar-refractivity contribution is 8.00. The van der Waals surface area contributed by atoms with Gasteiger partial charge in [0.15, 0.2) is 16.7 Å². The van der Waals surface area contributed by atoms with Crippen molar-refractivity contribution in [2.75, 3.05) is 31.2 Å². The summed E-state index contributed by atoms with van der Waals surface area (Å²) in [5.41, 5.74) is 2.88. The number of thioether (sulfide) groups is 1. The summed E-state index contributed by atoms with van der Waals surface area (Å²) in [4.78, 5) is 30.3. The molecule has 0 bridgehead atoms. The number of nitrogens with one attached hydrogen (secondary N) is 1. The van der Waals surface area contributed by atoms with Crippen LogP contribution in [-0.4, -0.2) is 62.9 Å². The number of halogens is 1. The Kier molecular flexibility index (Phi) is 6.66. The maximum atomic E-state index is 14.0. The third-order valence-electron chi connectivity index (χ3n) is 5.66. The normalized spacial score (nSPS) is 15.0. The van der Waals surface area contributed by atoms with E-state index in [1.807, 2.05) is 4.90 Å². The molecule has 1 aliphatic heterocycles. The molecule has 3 aromatic rings. The van der Waals surface area contributed by atoms with Crippen LogP contribution in [0.5, 0.6) is 0 Å². The zero-order valence-electron chi connectivity index (χ0n) is 19.0. The average molecular weight is 472 g/mol. The van der Waals surface area contributed by atoms with Crippen molar-refractivity contribution < 1.29 is 18.7 Å². The summed E-state index contributed by atoms with van der Waals surface area (Å²) >= 11 is 1.25. The second-order valence-electron chi connectivity index (χ2n) is 8.00. The van der Waals surface area contributed by atoms with E-state index in [-0.39, 0.29) is 17.4 Å². The van der Waals surface area contributed by atoms with Crippen molar-refractivity contribution in [3.05, 3.63) is 52.6 Å². The van der Waals surface area contributed by atoms with Crippen LogP contribution >= 0.6 is 11.8 Å². The van der Waals surface area contributed by atoms with Crippen LogP contribution in [0, 0.1) is 19.7 Å². The molecule has 174 valence electrons. The number of aromatic nitrogens is 4. The number of aryl methyl sites for hydroxylation is 1. The molecule has 8 nitrogen and oxygen atoms in total. The standard InChI is InChI=1S/C23H26FN5O3S/c1-13-19(15(3)30)14(2)25-20(13)21(31)16(4)33-23-27-26-22(28-8-10-32-11-9-28)29(23)18-7-5-6-17(24)12-18/h5-7,12,16,25H,8-11H2,1-4H3. The molecular formula is C23H26FN5O3S. The van der Waals surface area contributed by atoms with E-state index in [0.29, 0.717) is 65.6 Å². The van der Waals surface area contributed by atoms with E-state index in [0.717, 1.165) is 0 Å². The second-order valence-corrected chi connectivity index (χ2v) is 9.31. The summed E-state index contributed by atoms with van der Waals surface area (Å²) in [7, 11) is 0. The van der Waals surface area contributed by atoms with Gasteiger partial charge in [0.05, 0.1) is 29.8 Å². The number of ether oxygens (including phenoxy) is 1. The number of rotatable bonds is 7. The summed E-state index contributed by atoms with van der Waals surface area (Å²) in [6, 6.07) is 6.21. The average Bonchev–Trinajstić information content (AvgIpc) is 3.33. The number of anilines is 1. The molecule has 4 rings (SSSR count). The van der Waals surface area contributed by atoms with E-state index in [1.54, 1.807) is 37.5 Å². The van der Waals surface area contributed by atoms with E-state index in [9.17, 15) is 14.0 Å². The summed E-state index contributed by atoms with van der Waals surface area (Å²) < 4.78 is 21.3. The van der Waals surface area contributed by atoms with Crippen molar-refractivity contribution in [3.63, 3.8) is 0 Å². The number of hydrogen-bond donors (Lipinski definition) is 1. The van der Waals surface area contributed by atoms with Crippen LogP contribution in [0.15, 0.2) is 29.4 Å².